The van der Waals surface area contributed by atoms with Gasteiger partial charge in [0.2, 0.25) is 5.91 Å². The maximum Gasteiger partial charge on any atom is 0.256 e. The van der Waals surface area contributed by atoms with E-state index in [2.05, 4.69) is 34.9 Å². The van der Waals surface area contributed by atoms with Gasteiger partial charge in [-0.3, -0.25) is 9.59 Å². The molecule has 2 atom stereocenters. The monoisotopic (exact) mass is 765 g/mol. The second-order valence-electron chi connectivity index (χ2n) is 14.2. The number of hydrogen-bond donors (Lipinski definition) is 2. The zero-order valence-electron chi connectivity index (χ0n) is 30.8. The molecule has 0 spiro atoms. The van der Waals surface area contributed by atoms with Gasteiger partial charge >= 0.3 is 0 Å². The van der Waals surface area contributed by atoms with Crippen LogP contribution in [0.1, 0.15) is 68.4 Å². The van der Waals surface area contributed by atoms with E-state index in [1.165, 1.54) is 11.6 Å². The Morgan fingerprint density at radius 1 is 0.943 bits per heavy atom. The Morgan fingerprint density at radius 3 is 2.43 bits per heavy atom. The molecule has 1 heterocycles. The molecule has 4 aromatic carbocycles. The van der Waals surface area contributed by atoms with Crippen LogP contribution in [0.4, 0.5) is 10.1 Å². The van der Waals surface area contributed by atoms with E-state index in [-0.39, 0.29) is 36.7 Å². The van der Waals surface area contributed by atoms with Gasteiger partial charge in [0.15, 0.2) is 11.5 Å². The van der Waals surface area contributed by atoms with Crippen molar-refractivity contribution in [2.45, 2.75) is 65.2 Å². The molecule has 284 valence electrons. The van der Waals surface area contributed by atoms with Crippen LogP contribution < -0.4 is 25.0 Å². The number of benzene rings is 4. The number of halogens is 3. The summed E-state index contributed by atoms with van der Waals surface area (Å²) in [5.74, 6) is -0.239. The van der Waals surface area contributed by atoms with Crippen molar-refractivity contribution in [3.8, 4) is 11.5 Å². The molecular weight excluding hydrogens is 716 g/mol. The van der Waals surface area contributed by atoms with E-state index in [1.807, 2.05) is 51.1 Å². The molecule has 0 aromatic heterocycles. The Kier molecular flexibility index (Phi) is 15.5. The number of amides is 2. The molecule has 11 heteroatoms. The highest BCUT2D eigenvalue weighted by molar-refractivity contribution is 6.30. The van der Waals surface area contributed by atoms with Crippen LogP contribution in [0, 0.1) is 11.2 Å². The molecule has 2 amide bonds. The molecule has 53 heavy (non-hydrogen) atoms. The quantitative estimate of drug-likeness (QED) is 0.111. The molecule has 2 N–H and O–H groups in total. The van der Waals surface area contributed by atoms with Gasteiger partial charge in [0, 0.05) is 47.0 Å². The van der Waals surface area contributed by atoms with Crippen molar-refractivity contribution in [3.05, 3.63) is 124 Å². The lowest BCUT2D eigenvalue weighted by Gasteiger charge is -2.31. The summed E-state index contributed by atoms with van der Waals surface area (Å²) in [6.07, 6.45) is 0.931. The molecule has 1 aliphatic rings. The van der Waals surface area contributed by atoms with Gasteiger partial charge in [0.25, 0.3) is 5.91 Å². The van der Waals surface area contributed by atoms with E-state index in [1.54, 1.807) is 42.3 Å². The molecule has 0 saturated carbocycles. The third kappa shape index (κ3) is 11.7. The van der Waals surface area contributed by atoms with Crippen LogP contribution in [0.25, 0.3) is 0 Å². The summed E-state index contributed by atoms with van der Waals surface area (Å²) in [5.41, 5.74) is 3.32. The Hall–Kier alpha value is -4.15. The third-order valence-electron chi connectivity index (χ3n) is 8.79. The van der Waals surface area contributed by atoms with Crippen molar-refractivity contribution in [1.82, 2.24) is 10.6 Å². The molecule has 0 aliphatic carbocycles. The highest BCUT2D eigenvalue weighted by Gasteiger charge is 2.40. The van der Waals surface area contributed by atoms with Crippen LogP contribution in [-0.2, 0) is 27.3 Å². The minimum absolute atomic E-state index is 0. The molecule has 8 nitrogen and oxygen atoms in total. The van der Waals surface area contributed by atoms with E-state index in [9.17, 15) is 14.0 Å². The van der Waals surface area contributed by atoms with Gasteiger partial charge in [-0.05, 0) is 67.1 Å². The Labute approximate surface area is 323 Å². The van der Waals surface area contributed by atoms with Crippen molar-refractivity contribution in [3.63, 3.8) is 0 Å². The summed E-state index contributed by atoms with van der Waals surface area (Å²) in [7, 11) is 1.57. The van der Waals surface area contributed by atoms with E-state index < -0.39 is 23.9 Å². The molecule has 1 aliphatic heterocycles. The number of methoxy groups -OCH3 is 1. The number of fused-ring (bicyclic) bond motifs is 1. The smallest absolute Gasteiger partial charge is 0.256 e. The molecule has 0 bridgehead atoms. The molecule has 0 unspecified atom stereocenters. The predicted molar refractivity (Wildman–Crippen MR) is 211 cm³/mol. The lowest BCUT2D eigenvalue weighted by Crippen LogP contribution is -2.45. The highest BCUT2D eigenvalue weighted by Crippen LogP contribution is 2.45. The van der Waals surface area contributed by atoms with Gasteiger partial charge in [0.1, 0.15) is 24.6 Å². The second kappa shape index (κ2) is 19.8. The van der Waals surface area contributed by atoms with Crippen molar-refractivity contribution in [2.75, 3.05) is 38.3 Å². The van der Waals surface area contributed by atoms with Crippen LogP contribution in [-0.4, -0.2) is 51.3 Å². The number of carbonyl (C=O) groups excluding carboxylic acids is 2. The third-order valence-corrected chi connectivity index (χ3v) is 9.02. The summed E-state index contributed by atoms with van der Waals surface area (Å²) < 4.78 is 33.1. The number of ether oxygens (including phenoxy) is 3. The fraction of sp³-hybridized carbons (Fsp3) is 0.381. The lowest BCUT2D eigenvalue weighted by molar-refractivity contribution is -0.138. The number of nitrogens with zero attached hydrogens (tertiary/aromatic N) is 1. The lowest BCUT2D eigenvalue weighted by atomic mass is 9.94. The number of unbranched alkanes of at least 4 members (excludes halogenated alkanes) is 1. The van der Waals surface area contributed by atoms with Crippen LogP contribution in [0.15, 0.2) is 91.0 Å². The number of rotatable bonds is 16. The van der Waals surface area contributed by atoms with E-state index >= 15 is 0 Å². The van der Waals surface area contributed by atoms with Crippen molar-refractivity contribution < 1.29 is 28.2 Å². The van der Waals surface area contributed by atoms with Crippen LogP contribution in [0.2, 0.25) is 5.02 Å². The zero-order chi connectivity index (χ0) is 37.1. The molecule has 4 aromatic rings. The Morgan fingerprint density at radius 2 is 1.70 bits per heavy atom. The predicted octanol–water partition coefficient (Wildman–Crippen LogP) is 8.47. The van der Waals surface area contributed by atoms with Crippen molar-refractivity contribution >= 4 is 41.5 Å². The van der Waals surface area contributed by atoms with Gasteiger partial charge in [-0.15, -0.1) is 12.4 Å². The summed E-state index contributed by atoms with van der Waals surface area (Å²) in [4.78, 5) is 29.4. The standard InChI is InChI=1S/C42H49ClFN3O5.ClH/c1-42(2,3)28-47-35-21-20-31(43)25-33(35)39(52-37(41(47)49)26-38(48)46-27-30-16-8-9-18-34(30)44)32-17-12-19-36(40(32)50-4)51-24-23-45-22-11-10-15-29-13-6-5-7-14-29;/h5-9,12-14,16-21,25,37,39,45H,10-11,15,22-24,26-28H2,1-4H3,(H,46,48);1H/t37-,39-;/m0./s1. The largest absolute Gasteiger partial charge is 0.492 e. The van der Waals surface area contributed by atoms with Gasteiger partial charge in [0.05, 0.1) is 13.5 Å². The fourth-order valence-corrected chi connectivity index (χ4v) is 6.49. The second-order valence-corrected chi connectivity index (χ2v) is 14.6. The Balaban J connectivity index is 0.00000627. The molecular formula is C42H50Cl2FN3O5. The maximum atomic E-state index is 14.3. The van der Waals surface area contributed by atoms with Crippen LogP contribution in [0.3, 0.4) is 0 Å². The number of carbonyl (C=O) groups is 2. The zero-order valence-corrected chi connectivity index (χ0v) is 32.4. The summed E-state index contributed by atoms with van der Waals surface area (Å²) in [6.45, 7) is 8.41. The van der Waals surface area contributed by atoms with Gasteiger partial charge in [-0.25, -0.2) is 4.39 Å². The number of hydrogen-bond acceptors (Lipinski definition) is 6. The maximum absolute atomic E-state index is 14.3. The van der Waals surface area contributed by atoms with Crippen molar-refractivity contribution in [1.29, 1.82) is 0 Å². The van der Waals surface area contributed by atoms with Gasteiger partial charge in [-0.2, -0.15) is 0 Å². The number of nitrogens with one attached hydrogen (secondary N) is 2. The van der Waals surface area contributed by atoms with Crippen LogP contribution >= 0.6 is 24.0 Å². The normalized spacial score (nSPS) is 15.6. The first-order chi connectivity index (χ1) is 25.0. The SMILES string of the molecule is COc1c(OCCNCCCCc2ccccc2)cccc1[C@@H]1O[C@@H](CC(=O)NCc2ccccc2F)C(=O)N(CC(C)(C)C)c2ccc(Cl)cc21.Cl. The summed E-state index contributed by atoms with van der Waals surface area (Å²) in [6, 6.07) is 27.6. The van der Waals surface area contributed by atoms with Crippen LogP contribution in [0.5, 0.6) is 11.5 Å². The van der Waals surface area contributed by atoms with Crippen molar-refractivity contribution in [2.24, 2.45) is 5.41 Å². The molecule has 0 saturated heterocycles. The number of aryl methyl sites for hydroxylation is 1. The average Bonchev–Trinajstić information content (AvgIpc) is 3.22. The summed E-state index contributed by atoms with van der Waals surface area (Å²) in [5, 5.41) is 6.68. The minimum atomic E-state index is -1.17. The topological polar surface area (TPSA) is 89.1 Å². The van der Waals surface area contributed by atoms with Gasteiger partial charge < -0.3 is 29.7 Å². The first-order valence-electron chi connectivity index (χ1n) is 17.8. The first-order valence-corrected chi connectivity index (χ1v) is 18.2. The van der Waals surface area contributed by atoms with E-state index in [4.69, 9.17) is 25.8 Å². The van der Waals surface area contributed by atoms with E-state index in [0.29, 0.717) is 58.6 Å². The minimum Gasteiger partial charge on any atom is -0.492 e. The fourth-order valence-electron chi connectivity index (χ4n) is 6.31. The first kappa shape index (κ1) is 41.6. The molecule has 5 rings (SSSR count). The average molecular weight is 767 g/mol. The number of para-hydroxylation sites is 1. The van der Waals surface area contributed by atoms with E-state index in [0.717, 1.165) is 25.8 Å². The Bertz CT molecular complexity index is 1800. The molecule has 0 fully saturated rings. The molecule has 0 radical (unpaired) electrons. The summed E-state index contributed by atoms with van der Waals surface area (Å²) >= 11 is 6.58. The number of anilines is 1. The highest BCUT2D eigenvalue weighted by atomic mass is 35.5. The van der Waals surface area contributed by atoms with Gasteiger partial charge in [-0.1, -0.05) is 93.0 Å².